The van der Waals surface area contributed by atoms with Gasteiger partial charge in [-0.15, -0.1) is 0 Å². The Bertz CT molecular complexity index is 1120. The highest BCUT2D eigenvalue weighted by Crippen LogP contribution is 2.39. The molecule has 1 saturated carbocycles. The van der Waals surface area contributed by atoms with E-state index in [1.807, 2.05) is 36.1 Å². The lowest BCUT2D eigenvalue weighted by Gasteiger charge is -2.12. The van der Waals surface area contributed by atoms with E-state index in [0.717, 1.165) is 27.6 Å². The fourth-order valence-corrected chi connectivity index (χ4v) is 3.71. The van der Waals surface area contributed by atoms with Crippen LogP contribution in [-0.4, -0.2) is 20.7 Å². The molecule has 7 nitrogen and oxygen atoms in total. The summed E-state index contributed by atoms with van der Waals surface area (Å²) in [5.41, 5.74) is 10.1. The van der Waals surface area contributed by atoms with Gasteiger partial charge in [-0.05, 0) is 41.5 Å². The number of hydrogen-bond acceptors (Lipinski definition) is 5. The molecule has 1 fully saturated rings. The van der Waals surface area contributed by atoms with Crippen molar-refractivity contribution in [2.24, 2.45) is 18.9 Å². The fourth-order valence-electron chi connectivity index (χ4n) is 3.71. The third-order valence-corrected chi connectivity index (χ3v) is 5.26. The second kappa shape index (κ2) is 6.64. The number of aromatic nitrogens is 3. The summed E-state index contributed by atoms with van der Waals surface area (Å²) in [5.74, 6) is 0.216. The summed E-state index contributed by atoms with van der Waals surface area (Å²) in [6, 6.07) is 7.93. The number of nitrogens with two attached hydrogens (primary N) is 1. The van der Waals surface area contributed by atoms with Crippen molar-refractivity contribution < 1.29 is 4.79 Å². The van der Waals surface area contributed by atoms with Crippen LogP contribution in [0.25, 0.3) is 21.9 Å². The maximum Gasteiger partial charge on any atom is 0.230 e. The molecule has 142 valence electrons. The quantitative estimate of drug-likeness (QED) is 0.680. The zero-order valence-corrected chi connectivity index (χ0v) is 16.1. The highest BCUT2D eigenvalue weighted by atomic mass is 16.2. The van der Waals surface area contributed by atoms with Crippen LogP contribution >= 0.6 is 0 Å². The number of anilines is 2. The number of hydrogen-bond donors (Lipinski definition) is 2. The molecule has 3 N–H and O–H groups in total. The van der Waals surface area contributed by atoms with Crippen LogP contribution < -0.4 is 11.1 Å². The van der Waals surface area contributed by atoms with E-state index in [9.17, 15) is 4.79 Å². The molecule has 3 aromatic rings. The van der Waals surface area contributed by atoms with E-state index in [2.05, 4.69) is 35.3 Å². The second-order valence-corrected chi connectivity index (χ2v) is 7.64. The lowest BCUT2D eigenvalue weighted by Crippen LogP contribution is -2.15. The van der Waals surface area contributed by atoms with Gasteiger partial charge in [0.15, 0.2) is 0 Å². The first-order valence-electron chi connectivity index (χ1n) is 9.31. The van der Waals surface area contributed by atoms with Crippen molar-refractivity contribution >= 4 is 28.2 Å². The van der Waals surface area contributed by atoms with Crippen molar-refractivity contribution in [3.05, 3.63) is 36.3 Å². The van der Waals surface area contributed by atoms with Crippen molar-refractivity contribution in [1.82, 2.24) is 14.8 Å². The first-order chi connectivity index (χ1) is 13.4. The van der Waals surface area contributed by atoms with Crippen LogP contribution in [0.4, 0.5) is 11.5 Å². The second-order valence-electron chi connectivity index (χ2n) is 7.64. The maximum absolute atomic E-state index is 12.2. The maximum atomic E-state index is 12.2. The zero-order chi connectivity index (χ0) is 20.0. The molecule has 0 spiro atoms. The molecular formula is C21H22N6O. The molecule has 1 aromatic carbocycles. The van der Waals surface area contributed by atoms with Gasteiger partial charge >= 0.3 is 0 Å². The predicted molar refractivity (Wildman–Crippen MR) is 108 cm³/mol. The molecule has 1 aliphatic carbocycles. The average Bonchev–Trinajstić information content (AvgIpc) is 3.35. The number of carbonyl (C=O) groups is 1. The van der Waals surface area contributed by atoms with Gasteiger partial charge in [-0.25, -0.2) is 4.98 Å². The SMILES string of the molecule is CC(C)c1c(-c2cc(N)c3cnc(NC(=O)C4CC4C#N)cc3c2)cnn1C. The Morgan fingerprint density at radius 3 is 2.82 bits per heavy atom. The van der Waals surface area contributed by atoms with E-state index < -0.39 is 0 Å². The molecule has 1 amide bonds. The third-order valence-electron chi connectivity index (χ3n) is 5.26. The molecule has 2 atom stereocenters. The number of benzene rings is 1. The highest BCUT2D eigenvalue weighted by molar-refractivity contribution is 6.00. The summed E-state index contributed by atoms with van der Waals surface area (Å²) in [6.07, 6.45) is 4.15. The number of pyridine rings is 1. The van der Waals surface area contributed by atoms with Crippen LogP contribution in [0.1, 0.15) is 31.9 Å². The number of nitriles is 1. The van der Waals surface area contributed by atoms with Crippen LogP contribution in [0.2, 0.25) is 0 Å². The summed E-state index contributed by atoms with van der Waals surface area (Å²) < 4.78 is 1.89. The summed E-state index contributed by atoms with van der Waals surface area (Å²) in [5, 5.41) is 17.8. The van der Waals surface area contributed by atoms with Crippen molar-refractivity contribution in [2.75, 3.05) is 11.1 Å². The van der Waals surface area contributed by atoms with Gasteiger partial charge in [0.1, 0.15) is 5.82 Å². The number of nitrogens with one attached hydrogen (secondary N) is 1. The van der Waals surface area contributed by atoms with Gasteiger partial charge < -0.3 is 11.1 Å². The molecule has 2 heterocycles. The Hall–Kier alpha value is -3.40. The van der Waals surface area contributed by atoms with Crippen LogP contribution in [0.15, 0.2) is 30.6 Å². The van der Waals surface area contributed by atoms with Crippen molar-refractivity contribution in [3.63, 3.8) is 0 Å². The minimum absolute atomic E-state index is 0.156. The number of carbonyl (C=O) groups excluding carboxylic acids is 1. The Morgan fingerprint density at radius 2 is 2.14 bits per heavy atom. The minimum Gasteiger partial charge on any atom is -0.398 e. The Balaban J connectivity index is 1.71. The minimum atomic E-state index is -0.233. The van der Waals surface area contributed by atoms with Gasteiger partial charge in [0.05, 0.1) is 24.1 Å². The number of nitrogens with zero attached hydrogens (tertiary/aromatic N) is 4. The molecule has 0 bridgehead atoms. The standard InChI is InChI=1S/C21H22N6O/c1-11(2)20-17(10-25-27(20)3)12-4-13-7-19(24-9-16(13)18(23)6-12)26-21(28)15-5-14(15)8-22/h4,6-7,9-11,14-15H,5,23H2,1-3H3,(H,24,26,28). The van der Waals surface area contributed by atoms with Crippen LogP contribution in [0, 0.1) is 23.2 Å². The van der Waals surface area contributed by atoms with Crippen molar-refractivity contribution in [2.45, 2.75) is 26.2 Å². The van der Waals surface area contributed by atoms with E-state index in [1.54, 1.807) is 6.20 Å². The molecule has 0 saturated heterocycles. The monoisotopic (exact) mass is 374 g/mol. The van der Waals surface area contributed by atoms with E-state index in [1.165, 1.54) is 0 Å². The lowest BCUT2D eigenvalue weighted by molar-refractivity contribution is -0.117. The lowest BCUT2D eigenvalue weighted by atomic mass is 9.97. The van der Waals surface area contributed by atoms with E-state index in [4.69, 9.17) is 11.0 Å². The summed E-state index contributed by atoms with van der Waals surface area (Å²) >= 11 is 0. The number of fused-ring (bicyclic) bond motifs is 1. The van der Waals surface area contributed by atoms with Gasteiger partial charge in [0, 0.05) is 35.6 Å². The van der Waals surface area contributed by atoms with Gasteiger partial charge in [0.25, 0.3) is 0 Å². The molecular weight excluding hydrogens is 352 g/mol. The van der Waals surface area contributed by atoms with Gasteiger partial charge in [-0.1, -0.05) is 13.8 Å². The molecule has 28 heavy (non-hydrogen) atoms. The first kappa shape index (κ1) is 18.0. The van der Waals surface area contributed by atoms with E-state index in [0.29, 0.717) is 23.8 Å². The summed E-state index contributed by atoms with van der Waals surface area (Å²) in [4.78, 5) is 16.5. The van der Waals surface area contributed by atoms with Gasteiger partial charge in [-0.2, -0.15) is 10.4 Å². The largest absolute Gasteiger partial charge is 0.398 e. The zero-order valence-electron chi connectivity index (χ0n) is 16.1. The predicted octanol–water partition coefficient (Wildman–Crippen LogP) is 3.44. The van der Waals surface area contributed by atoms with Crippen LogP contribution in [-0.2, 0) is 11.8 Å². The summed E-state index contributed by atoms with van der Waals surface area (Å²) in [7, 11) is 1.94. The molecule has 7 heteroatoms. The number of aryl methyl sites for hydroxylation is 1. The summed E-state index contributed by atoms with van der Waals surface area (Å²) in [6.45, 7) is 4.27. The normalized spacial score (nSPS) is 18.2. The van der Waals surface area contributed by atoms with Crippen molar-refractivity contribution in [1.29, 1.82) is 5.26 Å². The number of amides is 1. The van der Waals surface area contributed by atoms with Crippen LogP contribution in [0.5, 0.6) is 0 Å². The van der Waals surface area contributed by atoms with E-state index >= 15 is 0 Å². The molecule has 0 aliphatic heterocycles. The molecule has 2 unspecified atom stereocenters. The average molecular weight is 374 g/mol. The highest BCUT2D eigenvalue weighted by Gasteiger charge is 2.43. The number of rotatable bonds is 4. The Kier molecular flexibility index (Phi) is 4.27. The molecule has 2 aromatic heterocycles. The first-order valence-corrected chi connectivity index (χ1v) is 9.31. The molecule has 1 aliphatic rings. The van der Waals surface area contributed by atoms with E-state index in [-0.39, 0.29) is 17.7 Å². The fraction of sp³-hybridized carbons (Fsp3) is 0.333. The smallest absolute Gasteiger partial charge is 0.230 e. The Labute approximate surface area is 163 Å². The van der Waals surface area contributed by atoms with Gasteiger partial charge in [0.2, 0.25) is 5.91 Å². The molecule has 4 rings (SSSR count). The molecule has 0 radical (unpaired) electrons. The topological polar surface area (TPSA) is 110 Å². The Morgan fingerprint density at radius 1 is 1.36 bits per heavy atom. The number of nitrogen functional groups attached to an aromatic ring is 1. The third kappa shape index (κ3) is 3.07. The van der Waals surface area contributed by atoms with Crippen LogP contribution in [0.3, 0.4) is 0 Å². The van der Waals surface area contributed by atoms with Crippen molar-refractivity contribution in [3.8, 4) is 17.2 Å². The van der Waals surface area contributed by atoms with Gasteiger partial charge in [-0.3, -0.25) is 9.48 Å².